The van der Waals surface area contributed by atoms with Crippen LogP contribution in [0.1, 0.15) is 24.2 Å². The van der Waals surface area contributed by atoms with Crippen LogP contribution in [-0.4, -0.2) is 45.2 Å². The van der Waals surface area contributed by atoms with Gasteiger partial charge in [-0.3, -0.25) is 10.1 Å². The molecule has 24 heavy (non-hydrogen) atoms. The third-order valence-corrected chi connectivity index (χ3v) is 4.25. The maximum absolute atomic E-state index is 12.1. The Morgan fingerprint density at radius 3 is 2.46 bits per heavy atom. The summed E-state index contributed by atoms with van der Waals surface area (Å²) in [6.45, 7) is 3.26. The minimum absolute atomic E-state index is 0.0243. The molecule has 0 saturated heterocycles. The number of carbonyl (C=O) groups excluding carboxylic acids is 3. The molecular weight excluding hydrogens is 360 g/mol. The van der Waals surface area contributed by atoms with E-state index in [1.54, 1.807) is 6.92 Å². The van der Waals surface area contributed by atoms with E-state index in [1.165, 1.54) is 19.1 Å². The van der Waals surface area contributed by atoms with Crippen molar-refractivity contribution in [2.24, 2.45) is 0 Å². The van der Waals surface area contributed by atoms with Gasteiger partial charge in [-0.25, -0.2) is 18.0 Å². The molecule has 0 radical (unpaired) electrons. The third kappa shape index (κ3) is 5.50. The number of nitrogens with one attached hydrogen (secondary N) is 2. The van der Waals surface area contributed by atoms with Crippen molar-refractivity contribution in [3.63, 3.8) is 0 Å². The molecule has 0 fully saturated rings. The first-order chi connectivity index (χ1) is 11.1. The average Bonchev–Trinajstić information content (AvgIpc) is 2.46. The van der Waals surface area contributed by atoms with Crippen LogP contribution in [0.25, 0.3) is 0 Å². The molecule has 0 heterocycles. The fourth-order valence-corrected chi connectivity index (χ4v) is 2.43. The standard InChI is InChI=1S/C14H17ClN2O6S/c1-4-16-14(20)17-12(18)8(2)23-13(19)10-7-9(24(3,21)22)5-6-11(10)15/h5-8H,4H2,1-3H3,(H2,16,17,18,20)/t8-/m0/s1. The van der Waals surface area contributed by atoms with Crippen molar-refractivity contribution in [3.05, 3.63) is 28.8 Å². The number of rotatable bonds is 5. The Bertz CT molecular complexity index is 763. The highest BCUT2D eigenvalue weighted by Crippen LogP contribution is 2.21. The second-order valence-electron chi connectivity index (χ2n) is 4.81. The molecule has 0 aliphatic carbocycles. The number of hydrogen-bond donors (Lipinski definition) is 2. The zero-order valence-corrected chi connectivity index (χ0v) is 14.8. The number of hydrogen-bond acceptors (Lipinski definition) is 6. The van der Waals surface area contributed by atoms with Gasteiger partial charge in [0, 0.05) is 12.8 Å². The molecule has 0 aliphatic rings. The number of halogens is 1. The Balaban J connectivity index is 2.88. The summed E-state index contributed by atoms with van der Waals surface area (Å²) < 4.78 is 28.0. The second-order valence-corrected chi connectivity index (χ2v) is 7.23. The molecule has 1 aromatic carbocycles. The number of benzene rings is 1. The lowest BCUT2D eigenvalue weighted by atomic mass is 10.2. The summed E-state index contributed by atoms with van der Waals surface area (Å²) in [5.74, 6) is -1.81. The average molecular weight is 377 g/mol. The quantitative estimate of drug-likeness (QED) is 0.743. The Labute approximate surface area is 144 Å². The number of ether oxygens (including phenoxy) is 1. The molecule has 0 aromatic heterocycles. The van der Waals surface area contributed by atoms with Crippen LogP contribution in [0.4, 0.5) is 4.79 Å². The van der Waals surface area contributed by atoms with Crippen molar-refractivity contribution >= 4 is 39.3 Å². The van der Waals surface area contributed by atoms with Crippen LogP contribution >= 0.6 is 11.6 Å². The SMILES string of the molecule is CCNC(=O)NC(=O)[C@H](C)OC(=O)c1cc(S(C)(=O)=O)ccc1Cl. The van der Waals surface area contributed by atoms with Gasteiger partial charge in [0.25, 0.3) is 5.91 Å². The van der Waals surface area contributed by atoms with E-state index >= 15 is 0 Å². The largest absolute Gasteiger partial charge is 0.449 e. The Morgan fingerprint density at radius 2 is 1.92 bits per heavy atom. The number of esters is 1. The number of carbonyl (C=O) groups is 3. The minimum atomic E-state index is -3.54. The molecule has 10 heteroatoms. The van der Waals surface area contributed by atoms with Crippen molar-refractivity contribution in [1.82, 2.24) is 10.6 Å². The van der Waals surface area contributed by atoms with E-state index in [2.05, 4.69) is 5.32 Å². The number of sulfone groups is 1. The number of urea groups is 1. The summed E-state index contributed by atoms with van der Waals surface area (Å²) in [6, 6.07) is 2.84. The Hall–Kier alpha value is -2.13. The highest BCUT2D eigenvalue weighted by atomic mass is 35.5. The van der Waals surface area contributed by atoms with E-state index in [-0.39, 0.29) is 15.5 Å². The highest BCUT2D eigenvalue weighted by Gasteiger charge is 2.23. The van der Waals surface area contributed by atoms with E-state index in [4.69, 9.17) is 16.3 Å². The van der Waals surface area contributed by atoms with Crippen LogP contribution < -0.4 is 10.6 Å². The smallest absolute Gasteiger partial charge is 0.340 e. The maximum Gasteiger partial charge on any atom is 0.340 e. The molecule has 2 N–H and O–H groups in total. The van der Waals surface area contributed by atoms with Gasteiger partial charge < -0.3 is 10.1 Å². The Morgan fingerprint density at radius 1 is 1.29 bits per heavy atom. The Kier molecular flexibility index (Phi) is 6.73. The molecular formula is C14H17ClN2O6S. The van der Waals surface area contributed by atoms with Gasteiger partial charge in [-0.05, 0) is 32.0 Å². The predicted molar refractivity (Wildman–Crippen MR) is 86.7 cm³/mol. The topological polar surface area (TPSA) is 119 Å². The second kappa shape index (κ2) is 8.11. The molecule has 0 spiro atoms. The van der Waals surface area contributed by atoms with E-state index in [0.717, 1.165) is 12.3 Å². The van der Waals surface area contributed by atoms with E-state index in [9.17, 15) is 22.8 Å². The first-order valence-corrected chi connectivity index (χ1v) is 9.12. The summed E-state index contributed by atoms with van der Waals surface area (Å²) in [5.41, 5.74) is -0.197. The first kappa shape index (κ1) is 19.9. The van der Waals surface area contributed by atoms with Crippen LogP contribution in [0.2, 0.25) is 5.02 Å². The van der Waals surface area contributed by atoms with Crippen molar-refractivity contribution in [2.45, 2.75) is 24.8 Å². The summed E-state index contributed by atoms with van der Waals surface area (Å²) >= 11 is 5.87. The van der Waals surface area contributed by atoms with Gasteiger partial charge in [0.1, 0.15) is 0 Å². The van der Waals surface area contributed by atoms with Crippen LogP contribution in [0.15, 0.2) is 23.1 Å². The van der Waals surface area contributed by atoms with Gasteiger partial charge in [0.15, 0.2) is 15.9 Å². The van der Waals surface area contributed by atoms with E-state index in [0.29, 0.717) is 6.54 Å². The van der Waals surface area contributed by atoms with Gasteiger partial charge in [0.05, 0.1) is 15.5 Å². The van der Waals surface area contributed by atoms with Crippen molar-refractivity contribution < 1.29 is 27.5 Å². The fourth-order valence-electron chi connectivity index (χ4n) is 1.59. The molecule has 0 aliphatic heterocycles. The monoisotopic (exact) mass is 376 g/mol. The first-order valence-electron chi connectivity index (χ1n) is 6.85. The fraction of sp³-hybridized carbons (Fsp3) is 0.357. The molecule has 0 unspecified atom stereocenters. The van der Waals surface area contributed by atoms with Gasteiger partial charge in [0.2, 0.25) is 0 Å². The molecule has 1 atom stereocenters. The molecule has 1 aromatic rings. The van der Waals surface area contributed by atoms with Crippen molar-refractivity contribution in [3.8, 4) is 0 Å². The maximum atomic E-state index is 12.1. The zero-order chi connectivity index (χ0) is 18.5. The normalized spacial score (nSPS) is 12.2. The van der Waals surface area contributed by atoms with Gasteiger partial charge >= 0.3 is 12.0 Å². The predicted octanol–water partition coefficient (Wildman–Crippen LogP) is 1.13. The van der Waals surface area contributed by atoms with Crippen LogP contribution in [0.5, 0.6) is 0 Å². The minimum Gasteiger partial charge on any atom is -0.449 e. The number of amides is 3. The zero-order valence-electron chi connectivity index (χ0n) is 13.3. The summed E-state index contributed by atoms with van der Waals surface area (Å²) in [7, 11) is -3.54. The summed E-state index contributed by atoms with van der Waals surface area (Å²) in [4.78, 5) is 35.0. The lowest BCUT2D eigenvalue weighted by Gasteiger charge is -2.14. The van der Waals surface area contributed by atoms with Gasteiger partial charge in [-0.1, -0.05) is 11.6 Å². The van der Waals surface area contributed by atoms with Crippen LogP contribution in [0.3, 0.4) is 0 Å². The molecule has 1 rings (SSSR count). The summed E-state index contributed by atoms with van der Waals surface area (Å²) in [5, 5.41) is 4.32. The van der Waals surface area contributed by atoms with E-state index in [1.807, 2.05) is 5.32 Å². The molecule has 132 valence electrons. The van der Waals surface area contributed by atoms with Crippen molar-refractivity contribution in [1.29, 1.82) is 0 Å². The molecule has 0 saturated carbocycles. The molecule has 3 amide bonds. The lowest BCUT2D eigenvalue weighted by Crippen LogP contribution is -2.44. The summed E-state index contributed by atoms with van der Waals surface area (Å²) in [6.07, 6.45) is -0.300. The lowest BCUT2D eigenvalue weighted by molar-refractivity contribution is -0.127. The molecule has 0 bridgehead atoms. The number of imide groups is 1. The van der Waals surface area contributed by atoms with Crippen molar-refractivity contribution in [2.75, 3.05) is 12.8 Å². The van der Waals surface area contributed by atoms with E-state index < -0.39 is 33.8 Å². The van der Waals surface area contributed by atoms with Gasteiger partial charge in [-0.15, -0.1) is 0 Å². The highest BCUT2D eigenvalue weighted by molar-refractivity contribution is 7.90. The van der Waals surface area contributed by atoms with Crippen LogP contribution in [0, 0.1) is 0 Å². The third-order valence-electron chi connectivity index (χ3n) is 2.81. The molecule has 8 nitrogen and oxygen atoms in total. The van der Waals surface area contributed by atoms with Crippen LogP contribution in [-0.2, 0) is 19.4 Å². The van der Waals surface area contributed by atoms with Gasteiger partial charge in [-0.2, -0.15) is 0 Å².